The van der Waals surface area contributed by atoms with Crippen LogP contribution in [0.4, 0.5) is 11.4 Å². The quantitative estimate of drug-likeness (QED) is 0.336. The van der Waals surface area contributed by atoms with E-state index in [1.54, 1.807) is 42.2 Å². The molecule has 3 aromatic rings. The molecule has 2 fully saturated rings. The van der Waals surface area contributed by atoms with Crippen LogP contribution >= 0.6 is 11.8 Å². The van der Waals surface area contributed by atoms with E-state index < -0.39 is 22.3 Å². The van der Waals surface area contributed by atoms with Crippen molar-refractivity contribution in [3.8, 4) is 0 Å². The van der Waals surface area contributed by atoms with Gasteiger partial charge in [0.2, 0.25) is 5.91 Å². The lowest BCUT2D eigenvalue weighted by Crippen LogP contribution is -2.52. The lowest BCUT2D eigenvalue weighted by Gasteiger charge is -2.36. The number of anilines is 1. The first-order valence-electron chi connectivity index (χ1n) is 11.4. The fraction of sp³-hybridized carbons (Fsp3) is 0.269. The predicted octanol–water partition coefficient (Wildman–Crippen LogP) is 4.12. The van der Waals surface area contributed by atoms with Gasteiger partial charge in [0, 0.05) is 64.9 Å². The number of ketones is 1. The number of pyridine rings is 1. The summed E-state index contributed by atoms with van der Waals surface area (Å²) in [6, 6.07) is 15.6. The smallest absolute Gasteiger partial charge is 0.269 e. The second-order valence-electron chi connectivity index (χ2n) is 9.27. The van der Waals surface area contributed by atoms with Crippen molar-refractivity contribution in [3.63, 3.8) is 0 Å². The number of nitrogens with one attached hydrogen (secondary N) is 1. The first kappa shape index (κ1) is 21.9. The number of hydrogen-bond donors (Lipinski definition) is 1. The molecule has 1 amide bonds. The number of nitro groups is 1. The Balaban J connectivity index is 1.63. The highest BCUT2D eigenvalue weighted by atomic mass is 32.2. The van der Waals surface area contributed by atoms with Crippen molar-refractivity contribution in [2.45, 2.75) is 24.4 Å². The van der Waals surface area contributed by atoms with Crippen molar-refractivity contribution in [2.24, 2.45) is 5.92 Å². The van der Waals surface area contributed by atoms with Crippen LogP contribution in [0.2, 0.25) is 0 Å². The third-order valence-corrected chi connectivity index (χ3v) is 8.51. The number of benzene rings is 2. The van der Waals surface area contributed by atoms with Crippen molar-refractivity contribution in [2.75, 3.05) is 16.9 Å². The van der Waals surface area contributed by atoms with Crippen LogP contribution in [0.5, 0.6) is 0 Å². The van der Waals surface area contributed by atoms with Crippen LogP contribution in [0.15, 0.2) is 67.0 Å². The summed E-state index contributed by atoms with van der Waals surface area (Å²) >= 11 is 1.71. The first-order valence-corrected chi connectivity index (χ1v) is 12.5. The minimum atomic E-state index is -1.21. The molecular weight excluding hydrogens is 464 g/mol. The number of carbonyl (C=O) groups excluding carboxylic acids is 2. The molecule has 1 spiro atoms. The molecule has 0 radical (unpaired) electrons. The van der Waals surface area contributed by atoms with Crippen LogP contribution in [0.25, 0.3) is 0 Å². The van der Waals surface area contributed by atoms with Crippen molar-refractivity contribution in [1.82, 2.24) is 9.88 Å². The third-order valence-electron chi connectivity index (χ3n) is 7.47. The zero-order valence-corrected chi connectivity index (χ0v) is 19.7. The standard InChI is InChI=1S/C26H22N4O4S/c1-15-7-8-20-19(10-15)26(25(32)28-20)23(24(31)17-5-3-9-27-12-17)22(21-13-35-14-29(21)26)16-4-2-6-18(11-16)30(33)34/h2-12,21-23H,13-14H2,1H3,(H,28,32)/t21-,22+,23+,26-/m1/s1. The van der Waals surface area contributed by atoms with Crippen LogP contribution in [0.3, 0.4) is 0 Å². The molecule has 0 unspecified atom stereocenters. The lowest BCUT2D eigenvalue weighted by atomic mass is 9.69. The molecule has 8 nitrogen and oxygen atoms in total. The average molecular weight is 487 g/mol. The predicted molar refractivity (Wildman–Crippen MR) is 132 cm³/mol. The number of nitrogens with zero attached hydrogens (tertiary/aromatic N) is 3. The Labute approximate surface area is 205 Å². The molecule has 176 valence electrons. The number of nitro benzene ring substituents is 1. The van der Waals surface area contributed by atoms with Crippen LogP contribution in [-0.4, -0.2) is 44.2 Å². The summed E-state index contributed by atoms with van der Waals surface area (Å²) in [6.45, 7) is 1.97. The highest BCUT2D eigenvalue weighted by Gasteiger charge is 2.69. The molecule has 1 N–H and O–H groups in total. The van der Waals surface area contributed by atoms with E-state index in [1.165, 1.54) is 12.3 Å². The van der Waals surface area contributed by atoms with Gasteiger partial charge in [0.05, 0.1) is 10.8 Å². The maximum absolute atomic E-state index is 14.3. The number of thioether (sulfide) groups is 1. The Bertz CT molecular complexity index is 1380. The molecule has 4 atom stereocenters. The van der Waals surface area contributed by atoms with Crippen molar-refractivity contribution >= 4 is 34.8 Å². The maximum atomic E-state index is 14.3. The second kappa shape index (κ2) is 8.00. The molecule has 2 saturated heterocycles. The zero-order chi connectivity index (χ0) is 24.3. The van der Waals surface area contributed by atoms with Crippen LogP contribution < -0.4 is 5.32 Å². The van der Waals surface area contributed by atoms with E-state index in [1.807, 2.05) is 31.2 Å². The SMILES string of the molecule is Cc1ccc2c(c1)[C@]1(C(=O)N2)[C@H](C(=O)c2cccnc2)[C@@H](c2cccc([N+](=O)[O-])c2)[C@H]2CSCN21. The Hall–Kier alpha value is -3.56. The van der Waals surface area contributed by atoms with Gasteiger partial charge in [-0.1, -0.05) is 29.8 Å². The molecule has 2 aromatic carbocycles. The summed E-state index contributed by atoms with van der Waals surface area (Å²) in [5.74, 6) is -0.273. The third kappa shape index (κ3) is 3.08. The van der Waals surface area contributed by atoms with E-state index in [0.29, 0.717) is 22.7 Å². The number of carbonyl (C=O) groups is 2. The second-order valence-corrected chi connectivity index (χ2v) is 10.3. The molecule has 0 saturated carbocycles. The minimum Gasteiger partial charge on any atom is -0.324 e. The summed E-state index contributed by atoms with van der Waals surface area (Å²) in [5, 5.41) is 14.6. The number of aryl methyl sites for hydroxylation is 1. The van der Waals surface area contributed by atoms with Crippen molar-refractivity contribution < 1.29 is 14.5 Å². The van der Waals surface area contributed by atoms with Gasteiger partial charge in [0.15, 0.2) is 5.78 Å². The van der Waals surface area contributed by atoms with Gasteiger partial charge in [0.25, 0.3) is 5.69 Å². The zero-order valence-electron chi connectivity index (χ0n) is 18.9. The molecule has 3 aliphatic rings. The van der Waals surface area contributed by atoms with Gasteiger partial charge in [0.1, 0.15) is 5.54 Å². The Morgan fingerprint density at radius 2 is 2.09 bits per heavy atom. The highest BCUT2D eigenvalue weighted by Crippen LogP contribution is 2.61. The van der Waals surface area contributed by atoms with E-state index in [-0.39, 0.29) is 23.4 Å². The molecule has 35 heavy (non-hydrogen) atoms. The van der Waals surface area contributed by atoms with Gasteiger partial charge in [-0.2, -0.15) is 0 Å². The Morgan fingerprint density at radius 1 is 1.23 bits per heavy atom. The normalized spacial score (nSPS) is 27.0. The van der Waals surface area contributed by atoms with Gasteiger partial charge < -0.3 is 5.32 Å². The number of non-ortho nitro benzene ring substituents is 1. The molecule has 1 aromatic heterocycles. The van der Waals surface area contributed by atoms with Crippen LogP contribution in [-0.2, 0) is 10.3 Å². The Morgan fingerprint density at radius 3 is 2.86 bits per heavy atom. The summed E-state index contributed by atoms with van der Waals surface area (Å²) in [7, 11) is 0. The molecule has 4 heterocycles. The minimum absolute atomic E-state index is 0.0275. The number of Topliss-reactive ketones (excluding diaryl/α,β-unsaturated/α-hetero) is 1. The van der Waals surface area contributed by atoms with Gasteiger partial charge in [-0.05, 0) is 30.7 Å². The molecular formula is C26H22N4O4S. The molecule has 9 heteroatoms. The van der Waals surface area contributed by atoms with E-state index in [0.717, 1.165) is 16.9 Å². The largest absolute Gasteiger partial charge is 0.324 e. The summed E-state index contributed by atoms with van der Waals surface area (Å²) in [6.07, 6.45) is 3.14. The fourth-order valence-electron chi connectivity index (χ4n) is 6.10. The lowest BCUT2D eigenvalue weighted by molar-refractivity contribution is -0.384. The maximum Gasteiger partial charge on any atom is 0.269 e. The van der Waals surface area contributed by atoms with Gasteiger partial charge >= 0.3 is 0 Å². The van der Waals surface area contributed by atoms with Crippen LogP contribution in [0, 0.1) is 23.0 Å². The average Bonchev–Trinajstić information content (AvgIpc) is 3.52. The molecule has 3 aliphatic heterocycles. The number of aromatic nitrogens is 1. The summed E-state index contributed by atoms with van der Waals surface area (Å²) in [4.78, 5) is 45.7. The number of amides is 1. The number of hydrogen-bond acceptors (Lipinski definition) is 7. The Kier molecular flexibility index (Phi) is 5.01. The fourth-order valence-corrected chi connectivity index (χ4v) is 7.42. The van der Waals surface area contributed by atoms with Crippen LogP contribution in [0.1, 0.15) is 33.0 Å². The van der Waals surface area contributed by atoms with E-state index >= 15 is 0 Å². The first-order chi connectivity index (χ1) is 16.9. The van der Waals surface area contributed by atoms with Crippen molar-refractivity contribution in [3.05, 3.63) is 99.4 Å². The molecule has 6 rings (SSSR count). The molecule has 0 bridgehead atoms. The monoisotopic (exact) mass is 486 g/mol. The number of rotatable bonds is 4. The van der Waals surface area contributed by atoms with Gasteiger partial charge in [-0.25, -0.2) is 0 Å². The van der Waals surface area contributed by atoms with Crippen molar-refractivity contribution in [1.29, 1.82) is 0 Å². The topological polar surface area (TPSA) is 105 Å². The van der Waals surface area contributed by atoms with E-state index in [2.05, 4.69) is 15.2 Å². The van der Waals surface area contributed by atoms with E-state index in [9.17, 15) is 19.7 Å². The summed E-state index contributed by atoms with van der Waals surface area (Å²) < 4.78 is 0. The highest BCUT2D eigenvalue weighted by molar-refractivity contribution is 7.99. The van der Waals surface area contributed by atoms with Gasteiger partial charge in [-0.15, -0.1) is 11.8 Å². The molecule has 0 aliphatic carbocycles. The number of fused-ring (bicyclic) bond motifs is 4. The summed E-state index contributed by atoms with van der Waals surface area (Å²) in [5.41, 5.74) is 2.39. The van der Waals surface area contributed by atoms with Gasteiger partial charge in [-0.3, -0.25) is 29.6 Å². The van der Waals surface area contributed by atoms with E-state index in [4.69, 9.17) is 0 Å².